The van der Waals surface area contributed by atoms with Gasteiger partial charge >= 0.3 is 12.2 Å². The second-order valence-corrected chi connectivity index (χ2v) is 18.2. The first-order valence-corrected chi connectivity index (χ1v) is 21.5. The molecule has 0 spiro atoms. The smallest absolute Gasteiger partial charge is 0.411 e. The van der Waals surface area contributed by atoms with Gasteiger partial charge in [-0.2, -0.15) is 4.39 Å². The Balaban J connectivity index is 1.44. The fourth-order valence-electron chi connectivity index (χ4n) is 7.64. The number of benzene rings is 3. The normalized spacial score (nSPS) is 19.0. The van der Waals surface area contributed by atoms with Gasteiger partial charge in [0.25, 0.3) is 0 Å². The molecular formula is C42H49Cl4F3N4O9. The van der Waals surface area contributed by atoms with E-state index < -0.39 is 74.1 Å². The van der Waals surface area contributed by atoms with E-state index in [0.717, 1.165) is 17.2 Å². The summed E-state index contributed by atoms with van der Waals surface area (Å²) in [6, 6.07) is 14.5. The van der Waals surface area contributed by atoms with Crippen LogP contribution in [0.2, 0.25) is 5.02 Å². The number of ether oxygens (including phenoxy) is 3. The molecule has 2 saturated heterocycles. The first kappa shape index (κ1) is 49.3. The molecular weight excluding hydrogens is 903 g/mol. The average molecular weight is 953 g/mol. The van der Waals surface area contributed by atoms with Gasteiger partial charge in [0, 0.05) is 31.2 Å². The van der Waals surface area contributed by atoms with Crippen molar-refractivity contribution in [1.29, 1.82) is 0 Å². The number of piperazine rings is 1. The van der Waals surface area contributed by atoms with E-state index in [1.54, 1.807) is 17.0 Å². The van der Waals surface area contributed by atoms with E-state index >= 15 is 4.79 Å². The number of nitrogens with zero attached hydrogens (tertiary/aromatic N) is 4. The Morgan fingerprint density at radius 3 is 2.21 bits per heavy atom. The fourth-order valence-corrected chi connectivity index (χ4v) is 7.95. The Morgan fingerprint density at radius 2 is 1.55 bits per heavy atom. The van der Waals surface area contributed by atoms with Crippen LogP contribution in [0, 0.1) is 23.4 Å². The lowest BCUT2D eigenvalue weighted by Gasteiger charge is -2.55. The van der Waals surface area contributed by atoms with Gasteiger partial charge in [-0.05, 0) is 93.7 Å². The molecule has 4 unspecified atom stereocenters. The first-order chi connectivity index (χ1) is 29.3. The highest BCUT2D eigenvalue weighted by Crippen LogP contribution is 2.46. The molecule has 2 aliphatic heterocycles. The van der Waals surface area contributed by atoms with E-state index in [1.165, 1.54) is 23.6 Å². The first-order valence-electron chi connectivity index (χ1n) is 20.0. The van der Waals surface area contributed by atoms with Crippen LogP contribution >= 0.6 is 46.4 Å². The third kappa shape index (κ3) is 12.3. The molecule has 13 nitrogen and oxygen atoms in total. The van der Waals surface area contributed by atoms with Gasteiger partial charge in [-0.3, -0.25) is 24.9 Å². The zero-order valence-electron chi connectivity index (χ0n) is 34.3. The Bertz CT molecular complexity index is 2010. The van der Waals surface area contributed by atoms with Crippen LogP contribution in [0.1, 0.15) is 69.1 Å². The molecule has 2 fully saturated rings. The molecule has 0 radical (unpaired) electrons. The number of rotatable bonds is 17. The molecule has 2 bridgehead atoms. The number of halogens is 7. The third-order valence-electron chi connectivity index (χ3n) is 11.0. The molecule has 0 aromatic heterocycles. The van der Waals surface area contributed by atoms with Gasteiger partial charge in [0.1, 0.15) is 0 Å². The topological polar surface area (TPSA) is 142 Å². The number of unbranched alkanes of at least 4 members (excludes halogenated alkanes) is 1. The molecule has 62 heavy (non-hydrogen) atoms. The lowest BCUT2D eigenvalue weighted by Crippen LogP contribution is -2.70. The second kappa shape index (κ2) is 21.8. The highest BCUT2D eigenvalue weighted by atomic mass is 35.6. The van der Waals surface area contributed by atoms with E-state index in [4.69, 9.17) is 71.0 Å². The minimum absolute atomic E-state index is 0.0163. The van der Waals surface area contributed by atoms with Crippen LogP contribution < -0.4 is 4.74 Å². The van der Waals surface area contributed by atoms with E-state index in [1.807, 2.05) is 43.3 Å². The van der Waals surface area contributed by atoms with Crippen molar-refractivity contribution in [2.45, 2.75) is 86.8 Å². The summed E-state index contributed by atoms with van der Waals surface area (Å²) in [5.41, 5.74) is 0.741. The van der Waals surface area contributed by atoms with Gasteiger partial charge in [-0.1, -0.05) is 88.9 Å². The third-order valence-corrected chi connectivity index (χ3v) is 12.7. The predicted octanol–water partition coefficient (Wildman–Crippen LogP) is 9.49. The number of aryl methyl sites for hydroxylation is 1. The van der Waals surface area contributed by atoms with Crippen LogP contribution in [0.25, 0.3) is 0 Å². The van der Waals surface area contributed by atoms with Gasteiger partial charge in [0.05, 0.1) is 43.2 Å². The Morgan fingerprint density at radius 1 is 0.871 bits per heavy atom. The molecule has 20 heteroatoms. The highest BCUT2D eigenvalue weighted by molar-refractivity contribution is 6.68. The summed E-state index contributed by atoms with van der Waals surface area (Å²) < 4.78 is 56.5. The van der Waals surface area contributed by atoms with Crippen molar-refractivity contribution >= 4 is 64.5 Å². The van der Waals surface area contributed by atoms with Crippen LogP contribution in [-0.2, 0) is 32.1 Å². The quantitative estimate of drug-likeness (QED) is 0.0582. The Labute approximate surface area is 377 Å². The van der Waals surface area contributed by atoms with Crippen molar-refractivity contribution in [2.24, 2.45) is 5.92 Å². The lowest BCUT2D eigenvalue weighted by molar-refractivity contribution is -0.492. The molecule has 3 aromatic rings. The van der Waals surface area contributed by atoms with Crippen LogP contribution in [0.15, 0.2) is 60.7 Å². The summed E-state index contributed by atoms with van der Waals surface area (Å²) in [5, 5.41) is 17.6. The minimum Gasteiger partial charge on any atom is -0.488 e. The number of likely N-dealkylation sites (tertiary alicyclic amines) is 1. The molecule has 2 aliphatic rings. The Hall–Kier alpha value is -3.74. The second-order valence-electron chi connectivity index (χ2n) is 15.5. The molecule has 0 aliphatic carbocycles. The number of alkyl halides is 3. The summed E-state index contributed by atoms with van der Waals surface area (Å²) >= 11 is 25.2. The van der Waals surface area contributed by atoms with Crippen molar-refractivity contribution in [1.82, 2.24) is 20.1 Å². The SMILES string of the molecule is CCN(Cc1ccccc1Cl)C(=O)C1C(c2ccc(CCCOc3c(F)ccc(F)c3F)cc2)CC2CN(C(=O)OCCCCON(O)O)CC1N2C(=O)OC(C)(C)C(Cl)(Cl)Cl. The molecule has 3 aromatic carbocycles. The van der Waals surface area contributed by atoms with E-state index in [9.17, 15) is 22.8 Å². The Kier molecular flexibility index (Phi) is 17.3. The average Bonchev–Trinajstić information content (AvgIpc) is 3.21. The maximum absolute atomic E-state index is 15.1. The molecule has 3 amide bonds. The molecule has 340 valence electrons. The molecule has 4 atom stereocenters. The molecule has 5 rings (SSSR count). The highest BCUT2D eigenvalue weighted by Gasteiger charge is 2.56. The number of hydrogen-bond acceptors (Lipinski definition) is 10. The lowest BCUT2D eigenvalue weighted by atomic mass is 9.70. The zero-order chi connectivity index (χ0) is 45.4. The maximum Gasteiger partial charge on any atom is 0.411 e. The number of amides is 3. The summed E-state index contributed by atoms with van der Waals surface area (Å²) in [6.45, 7) is 4.92. The van der Waals surface area contributed by atoms with Crippen LogP contribution in [0.3, 0.4) is 0 Å². The van der Waals surface area contributed by atoms with Crippen LogP contribution in [0.4, 0.5) is 22.8 Å². The van der Waals surface area contributed by atoms with Crippen LogP contribution in [-0.4, -0.2) is 110 Å². The predicted molar refractivity (Wildman–Crippen MR) is 224 cm³/mol. The largest absolute Gasteiger partial charge is 0.488 e. The summed E-state index contributed by atoms with van der Waals surface area (Å²) in [6.07, 6.45) is 0.169. The fraction of sp³-hybridized carbons (Fsp3) is 0.500. The van der Waals surface area contributed by atoms with Gasteiger partial charge in [0.15, 0.2) is 23.0 Å². The number of carbonyl (C=O) groups excluding carboxylic acids is 3. The van der Waals surface area contributed by atoms with E-state index in [-0.39, 0.29) is 58.3 Å². The summed E-state index contributed by atoms with van der Waals surface area (Å²) in [5.74, 6) is -6.13. The zero-order valence-corrected chi connectivity index (χ0v) is 37.3. The minimum atomic E-state index is -2.02. The van der Waals surface area contributed by atoms with Crippen molar-refractivity contribution in [3.8, 4) is 5.75 Å². The van der Waals surface area contributed by atoms with Gasteiger partial charge in [-0.25, -0.2) is 18.4 Å². The molecule has 0 saturated carbocycles. The van der Waals surface area contributed by atoms with Crippen molar-refractivity contribution in [3.63, 3.8) is 0 Å². The van der Waals surface area contributed by atoms with E-state index in [0.29, 0.717) is 42.3 Å². The summed E-state index contributed by atoms with van der Waals surface area (Å²) in [7, 11) is 0. The van der Waals surface area contributed by atoms with Gasteiger partial charge in [0.2, 0.25) is 15.5 Å². The van der Waals surface area contributed by atoms with Crippen molar-refractivity contribution < 1.29 is 57.0 Å². The van der Waals surface area contributed by atoms with Crippen LogP contribution in [0.5, 0.6) is 5.75 Å². The number of fused-ring (bicyclic) bond motifs is 2. The van der Waals surface area contributed by atoms with Gasteiger partial charge < -0.3 is 24.0 Å². The monoisotopic (exact) mass is 950 g/mol. The molecule has 2 N–H and O–H groups in total. The van der Waals surface area contributed by atoms with Crippen molar-refractivity contribution in [2.75, 3.05) is 39.5 Å². The number of piperidine rings is 1. The standard InChI is InChI=1S/C42H49Cl4F3N4O9/c1-4-50(23-28-11-5-6-12-31(28)43)38(54)35-30(27-15-13-26(14-16-27)10-9-20-59-37-33(48)18-17-32(47)36(37)49)22-29-24-51(39(55)60-19-7-8-21-61-53(57)58)25-34(35)52(29)40(56)62-41(2,3)42(44,45)46/h5-6,11-18,29-30,34-35,57-58H,4,7-10,19-25H2,1-3H3. The van der Waals surface area contributed by atoms with E-state index in [2.05, 4.69) is 4.84 Å². The van der Waals surface area contributed by atoms with Crippen molar-refractivity contribution in [3.05, 3.63) is 99.8 Å². The molecule has 2 heterocycles. The maximum atomic E-state index is 15.1. The summed E-state index contributed by atoms with van der Waals surface area (Å²) in [4.78, 5) is 52.1. The number of hydrogen-bond donors (Lipinski definition) is 2. The number of carbonyl (C=O) groups is 3. The van der Waals surface area contributed by atoms with Gasteiger partial charge in [-0.15, -0.1) is 0 Å².